The number of aliphatic carboxylic acids is 2. The standard InChI is InChI=1S/4C7H6N2.C3H4O4.Co/c4*1-2-4-7-6(3-1)8-5-9-7;4-2(5)1-3(6)7;/h4*1-5H,(H,8,9);1H2,(H,4,5)(H,6,7);/q;;;;;+2/p-2. The van der Waals surface area contributed by atoms with Crippen LogP contribution in [0.2, 0.25) is 0 Å². The first kappa shape index (κ1) is 32.7. The van der Waals surface area contributed by atoms with E-state index in [0.717, 1.165) is 44.1 Å². The molecule has 0 aliphatic heterocycles. The van der Waals surface area contributed by atoms with E-state index in [4.69, 9.17) is 0 Å². The van der Waals surface area contributed by atoms with E-state index in [0.29, 0.717) is 0 Å². The van der Waals surface area contributed by atoms with Crippen molar-refractivity contribution in [2.45, 2.75) is 6.42 Å². The van der Waals surface area contributed by atoms with Crippen LogP contribution in [-0.4, -0.2) is 51.8 Å². The molecule has 0 spiro atoms. The monoisotopic (exact) mass is 633 g/mol. The first-order valence-electron chi connectivity index (χ1n) is 12.9. The van der Waals surface area contributed by atoms with Crippen LogP contribution < -0.4 is 10.2 Å². The van der Waals surface area contributed by atoms with E-state index in [2.05, 4.69) is 39.9 Å². The van der Waals surface area contributed by atoms with E-state index >= 15 is 0 Å². The maximum absolute atomic E-state index is 9.28. The van der Waals surface area contributed by atoms with Gasteiger partial charge in [-0.25, -0.2) is 19.9 Å². The minimum Gasteiger partial charge on any atom is -0.550 e. The van der Waals surface area contributed by atoms with E-state index in [1.807, 2.05) is 97.1 Å². The second-order valence-corrected chi connectivity index (χ2v) is 8.60. The third kappa shape index (κ3) is 10.2. The summed E-state index contributed by atoms with van der Waals surface area (Å²) in [6.45, 7) is 0. The van der Waals surface area contributed by atoms with Crippen molar-refractivity contribution in [1.29, 1.82) is 0 Å². The number of nitrogens with one attached hydrogen (secondary N) is 4. The molecule has 0 saturated carbocycles. The summed E-state index contributed by atoms with van der Waals surface area (Å²) in [4.78, 5) is 46.8. The maximum Gasteiger partial charge on any atom is 2.00 e. The molecule has 0 bridgehead atoms. The van der Waals surface area contributed by atoms with Crippen LogP contribution in [0.5, 0.6) is 0 Å². The largest absolute Gasteiger partial charge is 2.00 e. The van der Waals surface area contributed by atoms with Gasteiger partial charge >= 0.3 is 16.8 Å². The third-order valence-electron chi connectivity index (χ3n) is 5.60. The summed E-state index contributed by atoms with van der Waals surface area (Å²) in [6.07, 6.45) is 5.77. The number of aromatic nitrogens is 8. The van der Waals surface area contributed by atoms with E-state index in [1.165, 1.54) is 0 Å². The normalized spacial score (nSPS) is 9.64. The van der Waals surface area contributed by atoms with Crippen LogP contribution in [0.25, 0.3) is 44.1 Å². The quantitative estimate of drug-likeness (QED) is 0.208. The molecule has 44 heavy (non-hydrogen) atoms. The second kappa shape index (κ2) is 17.2. The summed E-state index contributed by atoms with van der Waals surface area (Å²) in [5.41, 5.74) is 8.48. The van der Waals surface area contributed by atoms with Crippen molar-refractivity contribution in [3.8, 4) is 0 Å². The Morgan fingerprint density at radius 2 is 0.682 bits per heavy atom. The Bertz CT molecular complexity index is 1620. The predicted octanol–water partition coefficient (Wildman–Crippen LogP) is 3.13. The number of aromatic amines is 4. The number of carbonyl (C=O) groups excluding carboxylic acids is 2. The zero-order chi connectivity index (χ0) is 30.3. The molecule has 0 aliphatic rings. The zero-order valence-electron chi connectivity index (χ0n) is 23.0. The Kier molecular flexibility index (Phi) is 12.8. The smallest absolute Gasteiger partial charge is 0.550 e. The Morgan fingerprint density at radius 1 is 0.455 bits per heavy atom. The molecule has 0 saturated heterocycles. The van der Waals surface area contributed by atoms with Gasteiger partial charge in [0.15, 0.2) is 0 Å². The maximum atomic E-state index is 9.28. The van der Waals surface area contributed by atoms with Crippen LogP contribution in [0.15, 0.2) is 122 Å². The minimum absolute atomic E-state index is 0. The minimum atomic E-state index is -1.63. The average molecular weight is 634 g/mol. The fourth-order valence-corrected chi connectivity index (χ4v) is 3.64. The molecule has 13 heteroatoms. The van der Waals surface area contributed by atoms with Crippen molar-refractivity contribution in [2.75, 3.05) is 0 Å². The molecule has 223 valence electrons. The molecular weight excluding hydrogens is 607 g/mol. The number of rotatable bonds is 2. The van der Waals surface area contributed by atoms with Gasteiger partial charge in [-0.2, -0.15) is 0 Å². The Labute approximate surface area is 260 Å². The number of fused-ring (bicyclic) bond motifs is 4. The van der Waals surface area contributed by atoms with Crippen LogP contribution in [0.4, 0.5) is 0 Å². The topological polar surface area (TPSA) is 195 Å². The molecule has 0 amide bonds. The molecule has 0 atom stereocenters. The number of H-pyrrole nitrogens is 4. The molecule has 8 aromatic rings. The van der Waals surface area contributed by atoms with Gasteiger partial charge in [-0.3, -0.25) is 0 Å². The number of carbonyl (C=O) groups is 2. The number of para-hydroxylation sites is 8. The van der Waals surface area contributed by atoms with Crippen LogP contribution in [-0.2, 0) is 26.4 Å². The second-order valence-electron chi connectivity index (χ2n) is 8.60. The molecule has 4 aromatic heterocycles. The number of carboxylic acid groups (broad SMARTS) is 2. The van der Waals surface area contributed by atoms with Gasteiger partial charge in [-0.1, -0.05) is 48.5 Å². The van der Waals surface area contributed by atoms with Gasteiger partial charge in [-0.05, 0) is 48.5 Å². The summed E-state index contributed by atoms with van der Waals surface area (Å²) < 4.78 is 0. The van der Waals surface area contributed by atoms with E-state index in [1.54, 1.807) is 25.3 Å². The van der Waals surface area contributed by atoms with Gasteiger partial charge in [-0.15, -0.1) is 0 Å². The summed E-state index contributed by atoms with van der Waals surface area (Å²) in [5.74, 6) is -3.25. The number of hydrogen-bond acceptors (Lipinski definition) is 8. The Hall–Kier alpha value is -5.79. The van der Waals surface area contributed by atoms with E-state index in [9.17, 15) is 19.8 Å². The first-order chi connectivity index (χ1) is 21.0. The molecule has 0 aliphatic carbocycles. The van der Waals surface area contributed by atoms with Crippen molar-refractivity contribution >= 4 is 56.1 Å². The van der Waals surface area contributed by atoms with Gasteiger partial charge in [0, 0.05) is 18.4 Å². The molecule has 12 nitrogen and oxygen atoms in total. The molecule has 8 rings (SSSR count). The third-order valence-corrected chi connectivity index (χ3v) is 5.60. The number of nitrogens with zero attached hydrogens (tertiary/aromatic N) is 4. The first-order valence-corrected chi connectivity index (χ1v) is 12.9. The summed E-state index contributed by atoms with van der Waals surface area (Å²) in [5, 5.41) is 18.6. The SMILES string of the molecule is O=C([O-])CC(=O)[O-].[Co+2].c1ccc2[nH]cnc2c1.c1ccc2[nH]cnc2c1.c1ccc2[nH]cnc2c1.c1ccc2[nH]cnc2c1. The van der Waals surface area contributed by atoms with E-state index in [-0.39, 0.29) is 16.8 Å². The van der Waals surface area contributed by atoms with Crippen LogP contribution in [0.1, 0.15) is 6.42 Å². The molecule has 1 radical (unpaired) electrons. The van der Waals surface area contributed by atoms with E-state index < -0.39 is 18.4 Å². The van der Waals surface area contributed by atoms with Gasteiger partial charge in [0.1, 0.15) is 0 Å². The number of carboxylic acids is 2. The number of benzene rings is 4. The van der Waals surface area contributed by atoms with Crippen LogP contribution in [0, 0.1) is 0 Å². The number of hydrogen-bond donors (Lipinski definition) is 4. The Morgan fingerprint density at radius 3 is 0.864 bits per heavy atom. The summed E-state index contributed by atoms with van der Waals surface area (Å²) in [7, 11) is 0. The van der Waals surface area contributed by atoms with Crippen LogP contribution in [0.3, 0.4) is 0 Å². The summed E-state index contributed by atoms with van der Waals surface area (Å²) in [6, 6.07) is 31.8. The van der Waals surface area contributed by atoms with Crippen molar-refractivity contribution in [3.05, 3.63) is 122 Å². The van der Waals surface area contributed by atoms with Gasteiger partial charge in [0.05, 0.1) is 69.4 Å². The van der Waals surface area contributed by atoms with Crippen LogP contribution >= 0.6 is 0 Å². The van der Waals surface area contributed by atoms with Crippen molar-refractivity contribution < 1.29 is 36.6 Å². The van der Waals surface area contributed by atoms with Crippen molar-refractivity contribution in [1.82, 2.24) is 39.9 Å². The summed E-state index contributed by atoms with van der Waals surface area (Å²) >= 11 is 0. The molecule has 0 unspecified atom stereocenters. The fraction of sp³-hybridized carbons (Fsp3) is 0.0323. The predicted molar refractivity (Wildman–Crippen MR) is 159 cm³/mol. The number of imidazole rings is 4. The molecule has 4 N–H and O–H groups in total. The molecular formula is C31H26CoN8O4. The zero-order valence-corrected chi connectivity index (χ0v) is 24.1. The van der Waals surface area contributed by atoms with Crippen molar-refractivity contribution in [2.24, 2.45) is 0 Å². The molecule has 0 fully saturated rings. The molecule has 4 heterocycles. The van der Waals surface area contributed by atoms with Gasteiger partial charge in [0.25, 0.3) is 0 Å². The van der Waals surface area contributed by atoms with Gasteiger partial charge < -0.3 is 39.7 Å². The molecule has 4 aromatic carbocycles. The Balaban J connectivity index is 0.000000150. The fourth-order valence-electron chi connectivity index (χ4n) is 3.64. The van der Waals surface area contributed by atoms with Gasteiger partial charge in [0.2, 0.25) is 0 Å². The van der Waals surface area contributed by atoms with Crippen molar-refractivity contribution in [3.63, 3.8) is 0 Å². The average Bonchev–Trinajstić information content (AvgIpc) is 3.84.